The Morgan fingerprint density at radius 1 is 1.35 bits per heavy atom. The third-order valence-electron chi connectivity index (χ3n) is 2.39. The van der Waals surface area contributed by atoms with Gasteiger partial charge in [0.25, 0.3) is 0 Å². The topological polar surface area (TPSA) is 75.0 Å². The summed E-state index contributed by atoms with van der Waals surface area (Å²) in [6.07, 6.45) is 0. The molecule has 0 atom stereocenters. The Morgan fingerprint density at radius 2 is 2.00 bits per heavy atom. The number of esters is 1. The molecule has 6 nitrogen and oxygen atoms in total. The highest BCUT2D eigenvalue weighted by Gasteiger charge is 2.22. The lowest BCUT2D eigenvalue weighted by atomic mass is 9.96. The van der Waals surface area contributed by atoms with E-state index in [-0.39, 0.29) is 16.9 Å². The summed E-state index contributed by atoms with van der Waals surface area (Å²) < 4.78 is 20.5. The molecule has 0 aromatic carbocycles. The van der Waals surface area contributed by atoms with Gasteiger partial charge < -0.3 is 18.6 Å². The Labute approximate surface area is 130 Å². The van der Waals surface area contributed by atoms with Crippen LogP contribution in [0.25, 0.3) is 0 Å². The molecule has 20 heavy (non-hydrogen) atoms. The van der Waals surface area contributed by atoms with Crippen LogP contribution >= 0.6 is 22.6 Å². The smallest absolute Gasteiger partial charge is 0.380 e. The lowest BCUT2D eigenvalue weighted by Gasteiger charge is -2.23. The van der Waals surface area contributed by atoms with Crippen LogP contribution < -0.4 is 10.4 Å². The van der Waals surface area contributed by atoms with Gasteiger partial charge in [0, 0.05) is 18.6 Å². The number of carbonyl (C=O) groups excluding carboxylic acids is 1. The average Bonchev–Trinajstić information content (AvgIpc) is 2.36. The minimum absolute atomic E-state index is 0.0856. The van der Waals surface area contributed by atoms with Crippen LogP contribution in [-0.2, 0) is 9.47 Å². The van der Waals surface area contributed by atoms with Crippen LogP contribution in [0.4, 0.5) is 0 Å². The zero-order chi connectivity index (χ0) is 15.3. The van der Waals surface area contributed by atoms with E-state index in [2.05, 4.69) is 4.74 Å². The van der Waals surface area contributed by atoms with Crippen LogP contribution in [0.1, 0.15) is 24.4 Å². The third-order valence-corrected chi connectivity index (χ3v) is 3.19. The van der Waals surface area contributed by atoms with Gasteiger partial charge in [-0.05, 0) is 22.6 Å². The van der Waals surface area contributed by atoms with E-state index >= 15 is 0 Å². The quantitative estimate of drug-likeness (QED) is 0.542. The van der Waals surface area contributed by atoms with Crippen LogP contribution in [0.3, 0.4) is 0 Å². The van der Waals surface area contributed by atoms with Crippen LogP contribution in [0.2, 0.25) is 0 Å². The van der Waals surface area contributed by atoms with Gasteiger partial charge in [-0.25, -0.2) is 9.59 Å². The molecule has 0 aliphatic carbocycles. The molecule has 0 radical (unpaired) electrons. The van der Waals surface area contributed by atoms with Gasteiger partial charge >= 0.3 is 11.6 Å². The number of ether oxygens (including phenoxy) is 3. The molecule has 0 amide bonds. The maximum absolute atomic E-state index is 11.8. The van der Waals surface area contributed by atoms with E-state index in [9.17, 15) is 9.59 Å². The van der Waals surface area contributed by atoms with Crippen molar-refractivity contribution in [3.8, 4) is 5.75 Å². The summed E-state index contributed by atoms with van der Waals surface area (Å²) >= 11 is 1.91. The monoisotopic (exact) mass is 396 g/mol. The predicted molar refractivity (Wildman–Crippen MR) is 80.2 cm³/mol. The van der Waals surface area contributed by atoms with Crippen molar-refractivity contribution in [1.82, 2.24) is 0 Å². The van der Waals surface area contributed by atoms with Crippen molar-refractivity contribution in [3.63, 3.8) is 0 Å². The van der Waals surface area contributed by atoms with Gasteiger partial charge in [0.1, 0.15) is 0 Å². The Morgan fingerprint density at radius 3 is 2.50 bits per heavy atom. The van der Waals surface area contributed by atoms with Gasteiger partial charge in [0.05, 0.1) is 23.9 Å². The molecule has 0 saturated heterocycles. The maximum atomic E-state index is 11.8. The maximum Gasteiger partial charge on any atom is 0.380 e. The highest BCUT2D eigenvalue weighted by molar-refractivity contribution is 14.1. The summed E-state index contributed by atoms with van der Waals surface area (Å²) in [5.74, 6) is -0.765. The molecule has 7 heteroatoms. The Balaban J connectivity index is 2.93. The lowest BCUT2D eigenvalue weighted by molar-refractivity contribution is 0.0548. The lowest BCUT2D eigenvalue weighted by Crippen LogP contribution is -2.28. The second kappa shape index (κ2) is 7.07. The van der Waals surface area contributed by atoms with E-state index in [1.165, 1.54) is 13.2 Å². The Hall–Kier alpha value is -1.09. The van der Waals surface area contributed by atoms with Crippen molar-refractivity contribution >= 4 is 28.6 Å². The number of rotatable bonds is 6. The zero-order valence-electron chi connectivity index (χ0n) is 11.8. The highest BCUT2D eigenvalue weighted by atomic mass is 127. The van der Waals surface area contributed by atoms with Gasteiger partial charge in [0.2, 0.25) is 11.5 Å². The molecule has 0 N–H and O–H groups in total. The van der Waals surface area contributed by atoms with Gasteiger partial charge in [-0.1, -0.05) is 13.8 Å². The summed E-state index contributed by atoms with van der Waals surface area (Å²) in [5.41, 5.74) is -0.948. The Bertz CT molecular complexity index is 534. The van der Waals surface area contributed by atoms with Gasteiger partial charge in [0.15, 0.2) is 0 Å². The molecule has 1 rings (SSSR count). The molecule has 0 aliphatic rings. The van der Waals surface area contributed by atoms with Crippen molar-refractivity contribution in [2.75, 3.05) is 27.4 Å². The van der Waals surface area contributed by atoms with Crippen molar-refractivity contribution in [3.05, 3.63) is 25.8 Å². The van der Waals surface area contributed by atoms with E-state index in [0.29, 0.717) is 16.8 Å². The molecule has 0 aliphatic heterocycles. The van der Waals surface area contributed by atoms with Crippen molar-refractivity contribution in [1.29, 1.82) is 0 Å². The molecule has 1 heterocycles. The predicted octanol–water partition coefficient (Wildman–Crippen LogP) is 2.08. The van der Waals surface area contributed by atoms with E-state index < -0.39 is 11.6 Å². The summed E-state index contributed by atoms with van der Waals surface area (Å²) in [5, 5.41) is 0. The second-order valence-electron chi connectivity index (χ2n) is 4.95. The molecule has 0 bridgehead atoms. The molecule has 0 unspecified atom stereocenters. The summed E-state index contributed by atoms with van der Waals surface area (Å²) in [4.78, 5) is 23.1. The average molecular weight is 396 g/mol. The van der Waals surface area contributed by atoms with Crippen molar-refractivity contribution in [2.24, 2.45) is 5.41 Å². The highest BCUT2D eigenvalue weighted by Crippen LogP contribution is 2.22. The van der Waals surface area contributed by atoms with E-state index in [1.807, 2.05) is 36.4 Å². The molecule has 1 aromatic rings. The summed E-state index contributed by atoms with van der Waals surface area (Å²) in [6.45, 7) is 4.69. The number of methoxy groups -OCH3 is 2. The fraction of sp³-hybridized carbons (Fsp3) is 0.538. The van der Waals surface area contributed by atoms with E-state index in [0.717, 1.165) is 0 Å². The minimum atomic E-state index is -0.703. The molecule has 0 spiro atoms. The Kier molecular flexibility index (Phi) is 6.00. The van der Waals surface area contributed by atoms with Crippen molar-refractivity contribution < 1.29 is 23.4 Å². The third kappa shape index (κ3) is 4.48. The molecule has 112 valence electrons. The van der Waals surface area contributed by atoms with Crippen LogP contribution in [0.5, 0.6) is 5.75 Å². The number of carbonyl (C=O) groups is 1. The first-order chi connectivity index (χ1) is 9.30. The number of hydrogen-bond acceptors (Lipinski definition) is 6. The minimum Gasteiger partial charge on any atom is -0.485 e. The summed E-state index contributed by atoms with van der Waals surface area (Å²) in [7, 11) is 2.82. The van der Waals surface area contributed by atoms with E-state index in [1.54, 1.807) is 7.11 Å². The zero-order valence-corrected chi connectivity index (χ0v) is 14.0. The molecule has 0 fully saturated rings. The first-order valence-corrected chi connectivity index (χ1v) is 6.92. The van der Waals surface area contributed by atoms with Crippen molar-refractivity contribution in [2.45, 2.75) is 13.8 Å². The van der Waals surface area contributed by atoms with E-state index in [4.69, 9.17) is 13.9 Å². The van der Waals surface area contributed by atoms with Gasteiger partial charge in [-0.2, -0.15) is 0 Å². The largest absolute Gasteiger partial charge is 0.485 e. The first kappa shape index (κ1) is 17.0. The second-order valence-corrected chi connectivity index (χ2v) is 6.11. The first-order valence-electron chi connectivity index (χ1n) is 5.84. The van der Waals surface area contributed by atoms with Crippen LogP contribution in [-0.4, -0.2) is 33.4 Å². The fourth-order valence-electron chi connectivity index (χ4n) is 1.48. The fourth-order valence-corrected chi connectivity index (χ4v) is 2.14. The SMILES string of the molecule is COCC(C)(C)COc1c(I)cc(C(=O)OC)oc1=O. The van der Waals surface area contributed by atoms with Gasteiger partial charge in [-0.3, -0.25) is 0 Å². The van der Waals surface area contributed by atoms with Crippen LogP contribution in [0.15, 0.2) is 15.3 Å². The van der Waals surface area contributed by atoms with Crippen LogP contribution in [0, 0.1) is 8.99 Å². The summed E-state index contributed by atoms with van der Waals surface area (Å²) in [6, 6.07) is 1.41. The number of halogens is 1. The standard InChI is InChI=1S/C13H17IO6/c1-13(2,6-17-3)7-19-10-8(14)5-9(11(15)18-4)20-12(10)16/h5H,6-7H2,1-4H3. The molecular weight excluding hydrogens is 379 g/mol. The number of hydrogen-bond donors (Lipinski definition) is 0. The van der Waals surface area contributed by atoms with Gasteiger partial charge in [-0.15, -0.1) is 0 Å². The normalized spacial score (nSPS) is 11.2. The molecule has 0 saturated carbocycles. The molecule has 1 aromatic heterocycles. The molecular formula is C13H17IO6.